The molecule has 100 valence electrons. The van der Waals surface area contributed by atoms with Gasteiger partial charge in [0.25, 0.3) is 11.7 Å². The van der Waals surface area contributed by atoms with Gasteiger partial charge in [-0.05, 0) is 18.6 Å². The molecule has 0 fully saturated rings. The number of carbonyl (C=O) groups excluding carboxylic acids is 3. The lowest BCUT2D eigenvalue weighted by atomic mass is 10.1. The van der Waals surface area contributed by atoms with Crippen LogP contribution in [-0.4, -0.2) is 42.4 Å². The fourth-order valence-corrected chi connectivity index (χ4v) is 2.09. The number of anilines is 1. The Hall–Kier alpha value is -2.21. The number of aliphatic hydroxyl groups is 1. The average molecular weight is 262 g/mol. The van der Waals surface area contributed by atoms with Crippen LogP contribution < -0.4 is 10.2 Å². The van der Waals surface area contributed by atoms with Crippen LogP contribution >= 0.6 is 0 Å². The van der Waals surface area contributed by atoms with Crippen molar-refractivity contribution in [2.45, 2.75) is 6.92 Å². The van der Waals surface area contributed by atoms with Crippen molar-refractivity contribution >= 4 is 23.3 Å². The number of nitrogens with one attached hydrogen (secondary N) is 1. The minimum Gasteiger partial charge on any atom is -0.395 e. The first kappa shape index (κ1) is 13.2. The Bertz CT molecular complexity index is 554. The zero-order chi connectivity index (χ0) is 14.0. The molecule has 1 heterocycles. The van der Waals surface area contributed by atoms with Crippen molar-refractivity contribution in [2.75, 3.05) is 24.6 Å². The van der Waals surface area contributed by atoms with Crippen molar-refractivity contribution in [2.24, 2.45) is 0 Å². The maximum Gasteiger partial charge on any atom is 0.299 e. The molecule has 1 aliphatic rings. The molecule has 2 N–H and O–H groups in total. The first-order valence-electron chi connectivity index (χ1n) is 5.89. The summed E-state index contributed by atoms with van der Waals surface area (Å²) < 4.78 is 0. The summed E-state index contributed by atoms with van der Waals surface area (Å²) in [7, 11) is 0. The first-order chi connectivity index (χ1) is 9.06. The molecule has 1 aromatic carbocycles. The molecular formula is C13H14N2O4. The third-order valence-corrected chi connectivity index (χ3v) is 2.93. The molecule has 1 aromatic rings. The first-order valence-corrected chi connectivity index (χ1v) is 5.89. The van der Waals surface area contributed by atoms with Crippen LogP contribution in [0.15, 0.2) is 18.2 Å². The van der Waals surface area contributed by atoms with E-state index in [1.807, 2.05) is 0 Å². The Kier molecular flexibility index (Phi) is 3.62. The number of ketones is 1. The third kappa shape index (κ3) is 2.34. The molecule has 6 nitrogen and oxygen atoms in total. The SMILES string of the molecule is Cc1cccc2c1N(CC(=O)NCCO)C(=O)C2=O. The zero-order valence-electron chi connectivity index (χ0n) is 10.5. The van der Waals surface area contributed by atoms with E-state index in [0.29, 0.717) is 11.3 Å². The smallest absolute Gasteiger partial charge is 0.299 e. The van der Waals surface area contributed by atoms with Gasteiger partial charge in [0.2, 0.25) is 5.91 Å². The van der Waals surface area contributed by atoms with Crippen LogP contribution in [0.25, 0.3) is 0 Å². The van der Waals surface area contributed by atoms with E-state index < -0.39 is 17.6 Å². The van der Waals surface area contributed by atoms with E-state index in [1.54, 1.807) is 25.1 Å². The number of nitrogens with zero attached hydrogens (tertiary/aromatic N) is 1. The molecule has 2 rings (SSSR count). The van der Waals surface area contributed by atoms with E-state index >= 15 is 0 Å². The van der Waals surface area contributed by atoms with Gasteiger partial charge in [-0.2, -0.15) is 0 Å². The number of Topliss-reactive ketones (excluding diaryl/α,β-unsaturated/α-hetero) is 1. The van der Waals surface area contributed by atoms with Gasteiger partial charge in [0.05, 0.1) is 17.9 Å². The lowest BCUT2D eigenvalue weighted by Crippen LogP contribution is -2.41. The van der Waals surface area contributed by atoms with Crippen LogP contribution in [0.3, 0.4) is 0 Å². The fraction of sp³-hybridized carbons (Fsp3) is 0.308. The number of hydrogen-bond donors (Lipinski definition) is 2. The third-order valence-electron chi connectivity index (χ3n) is 2.93. The van der Waals surface area contributed by atoms with E-state index in [0.717, 1.165) is 5.56 Å². The van der Waals surface area contributed by atoms with Crippen molar-refractivity contribution in [3.05, 3.63) is 29.3 Å². The summed E-state index contributed by atoms with van der Waals surface area (Å²) in [6, 6.07) is 5.06. The van der Waals surface area contributed by atoms with Crippen LogP contribution in [0.4, 0.5) is 5.69 Å². The molecule has 0 radical (unpaired) electrons. The Labute approximate surface area is 110 Å². The predicted molar refractivity (Wildman–Crippen MR) is 68.0 cm³/mol. The zero-order valence-corrected chi connectivity index (χ0v) is 10.5. The number of aryl methyl sites for hydroxylation is 1. The number of amides is 2. The van der Waals surface area contributed by atoms with E-state index in [9.17, 15) is 14.4 Å². The molecule has 0 atom stereocenters. The van der Waals surface area contributed by atoms with Crippen LogP contribution in [0.2, 0.25) is 0 Å². The molecule has 0 saturated heterocycles. The maximum atomic E-state index is 11.9. The molecule has 0 saturated carbocycles. The second-order valence-corrected chi connectivity index (χ2v) is 4.27. The van der Waals surface area contributed by atoms with Crippen molar-refractivity contribution in [1.29, 1.82) is 0 Å². The maximum absolute atomic E-state index is 11.9. The Balaban J connectivity index is 2.26. The van der Waals surface area contributed by atoms with Gasteiger partial charge < -0.3 is 10.4 Å². The van der Waals surface area contributed by atoms with Gasteiger partial charge in [-0.1, -0.05) is 12.1 Å². The normalized spacial score (nSPS) is 13.7. The summed E-state index contributed by atoms with van der Waals surface area (Å²) in [6.45, 7) is 1.51. The minimum atomic E-state index is -0.691. The van der Waals surface area contributed by atoms with E-state index in [4.69, 9.17) is 5.11 Å². The molecule has 0 unspecified atom stereocenters. The van der Waals surface area contributed by atoms with Gasteiger partial charge in [-0.3, -0.25) is 19.3 Å². The monoisotopic (exact) mass is 262 g/mol. The molecule has 0 aliphatic carbocycles. The highest BCUT2D eigenvalue weighted by Gasteiger charge is 2.37. The number of hydrogen-bond acceptors (Lipinski definition) is 4. The molecule has 0 aromatic heterocycles. The van der Waals surface area contributed by atoms with Gasteiger partial charge in [0.15, 0.2) is 0 Å². The lowest BCUT2D eigenvalue weighted by molar-refractivity contribution is -0.122. The molecule has 6 heteroatoms. The van der Waals surface area contributed by atoms with Crippen LogP contribution in [-0.2, 0) is 9.59 Å². The highest BCUT2D eigenvalue weighted by atomic mass is 16.3. The molecule has 1 aliphatic heterocycles. The Morgan fingerprint density at radius 3 is 2.79 bits per heavy atom. The van der Waals surface area contributed by atoms with Crippen LogP contribution in [0.5, 0.6) is 0 Å². The Morgan fingerprint density at radius 1 is 1.37 bits per heavy atom. The van der Waals surface area contributed by atoms with Gasteiger partial charge in [0, 0.05) is 6.54 Å². The second-order valence-electron chi connectivity index (χ2n) is 4.27. The topological polar surface area (TPSA) is 86.7 Å². The summed E-state index contributed by atoms with van der Waals surface area (Å²) >= 11 is 0. The molecule has 0 bridgehead atoms. The number of fused-ring (bicyclic) bond motifs is 1. The summed E-state index contributed by atoms with van der Waals surface area (Å²) in [4.78, 5) is 36.4. The largest absolute Gasteiger partial charge is 0.395 e. The predicted octanol–water partition coefficient (Wildman–Crippen LogP) is -0.367. The van der Waals surface area contributed by atoms with Gasteiger partial charge in [-0.15, -0.1) is 0 Å². The number of rotatable bonds is 4. The lowest BCUT2D eigenvalue weighted by Gasteiger charge is -2.17. The van der Waals surface area contributed by atoms with Crippen molar-refractivity contribution in [1.82, 2.24) is 5.32 Å². The van der Waals surface area contributed by atoms with E-state index in [1.165, 1.54) is 4.90 Å². The summed E-state index contributed by atoms with van der Waals surface area (Å²) in [5.41, 5.74) is 1.60. The molecule has 2 amide bonds. The Morgan fingerprint density at radius 2 is 2.11 bits per heavy atom. The fourth-order valence-electron chi connectivity index (χ4n) is 2.09. The molecule has 0 spiro atoms. The van der Waals surface area contributed by atoms with Crippen LogP contribution in [0.1, 0.15) is 15.9 Å². The highest BCUT2D eigenvalue weighted by molar-refractivity contribution is 6.52. The van der Waals surface area contributed by atoms with Gasteiger partial charge >= 0.3 is 0 Å². The average Bonchev–Trinajstić information content (AvgIpc) is 2.63. The van der Waals surface area contributed by atoms with Crippen molar-refractivity contribution in [3.8, 4) is 0 Å². The second kappa shape index (κ2) is 5.19. The number of carbonyl (C=O) groups is 3. The minimum absolute atomic E-state index is 0.120. The number of benzene rings is 1. The van der Waals surface area contributed by atoms with Gasteiger partial charge in [-0.25, -0.2) is 0 Å². The van der Waals surface area contributed by atoms with Crippen molar-refractivity contribution < 1.29 is 19.5 Å². The van der Waals surface area contributed by atoms with E-state index in [-0.39, 0.29) is 19.7 Å². The standard InChI is InChI=1S/C13H14N2O4/c1-8-3-2-4-9-11(8)15(13(19)12(9)18)7-10(17)14-5-6-16/h2-4,16H,5-7H2,1H3,(H,14,17). The highest BCUT2D eigenvalue weighted by Crippen LogP contribution is 2.31. The quantitative estimate of drug-likeness (QED) is 0.725. The number of para-hydroxylation sites is 1. The van der Waals surface area contributed by atoms with E-state index in [2.05, 4.69) is 5.32 Å². The van der Waals surface area contributed by atoms with Crippen molar-refractivity contribution in [3.63, 3.8) is 0 Å². The van der Waals surface area contributed by atoms with Crippen LogP contribution in [0, 0.1) is 6.92 Å². The van der Waals surface area contributed by atoms with Gasteiger partial charge in [0.1, 0.15) is 6.54 Å². The molecule has 19 heavy (non-hydrogen) atoms. The molecular weight excluding hydrogens is 248 g/mol. The summed E-state index contributed by atoms with van der Waals surface area (Å²) in [5.74, 6) is -1.69. The summed E-state index contributed by atoms with van der Waals surface area (Å²) in [6.07, 6.45) is 0. The number of aliphatic hydroxyl groups excluding tert-OH is 1. The summed E-state index contributed by atoms with van der Waals surface area (Å²) in [5, 5.41) is 11.1.